The lowest BCUT2D eigenvalue weighted by molar-refractivity contribution is -0.129. The molecule has 0 spiro atoms. The van der Waals surface area contributed by atoms with Crippen molar-refractivity contribution in [1.29, 1.82) is 5.26 Å². The first kappa shape index (κ1) is 14.4. The van der Waals surface area contributed by atoms with Crippen LogP contribution in [0.25, 0.3) is 0 Å². The third-order valence-corrected chi connectivity index (χ3v) is 4.88. The van der Waals surface area contributed by atoms with E-state index >= 15 is 0 Å². The molecule has 2 saturated carbocycles. The van der Waals surface area contributed by atoms with E-state index in [2.05, 4.69) is 18.3 Å². The molecule has 2 fully saturated rings. The van der Waals surface area contributed by atoms with Crippen LogP contribution in [0.4, 0.5) is 0 Å². The molecule has 1 N–H and O–H groups in total. The summed E-state index contributed by atoms with van der Waals surface area (Å²) >= 11 is 0. The second kappa shape index (κ2) is 6.41. The lowest BCUT2D eigenvalue weighted by Gasteiger charge is -2.31. The fourth-order valence-corrected chi connectivity index (χ4v) is 3.61. The molecular weight excluding hydrogens is 236 g/mol. The minimum absolute atomic E-state index is 0.0102. The molecule has 3 nitrogen and oxygen atoms in total. The van der Waals surface area contributed by atoms with Gasteiger partial charge in [0.1, 0.15) is 5.41 Å². The number of nitrogens with one attached hydrogen (secondary N) is 1. The minimum atomic E-state index is -0.739. The maximum atomic E-state index is 12.5. The molecule has 2 unspecified atom stereocenters. The van der Waals surface area contributed by atoms with Gasteiger partial charge in [-0.05, 0) is 31.6 Å². The van der Waals surface area contributed by atoms with E-state index < -0.39 is 5.41 Å². The van der Waals surface area contributed by atoms with Gasteiger partial charge in [-0.2, -0.15) is 5.26 Å². The van der Waals surface area contributed by atoms with Crippen molar-refractivity contribution < 1.29 is 4.79 Å². The first-order valence-corrected chi connectivity index (χ1v) is 7.88. The molecule has 2 rings (SSSR count). The molecule has 0 radical (unpaired) electrons. The zero-order valence-corrected chi connectivity index (χ0v) is 12.1. The van der Waals surface area contributed by atoms with Crippen LogP contribution in [0.15, 0.2) is 0 Å². The van der Waals surface area contributed by atoms with Crippen molar-refractivity contribution >= 4 is 5.91 Å². The summed E-state index contributed by atoms with van der Waals surface area (Å²) in [6.45, 7) is 2.25. The molecular formula is C16H26N2O. The van der Waals surface area contributed by atoms with Crippen LogP contribution >= 0.6 is 0 Å². The second-order valence-corrected chi connectivity index (χ2v) is 6.55. The maximum absolute atomic E-state index is 12.5. The van der Waals surface area contributed by atoms with Gasteiger partial charge in [-0.1, -0.05) is 45.4 Å². The summed E-state index contributed by atoms with van der Waals surface area (Å²) in [5, 5.41) is 12.7. The quantitative estimate of drug-likeness (QED) is 0.774. The normalized spacial score (nSPS) is 30.9. The van der Waals surface area contributed by atoms with Crippen LogP contribution in [0.2, 0.25) is 0 Å². The smallest absolute Gasteiger partial charge is 0.240 e. The van der Waals surface area contributed by atoms with Crippen molar-refractivity contribution in [3.8, 4) is 6.07 Å². The molecule has 2 aliphatic rings. The van der Waals surface area contributed by atoms with E-state index in [0.29, 0.717) is 12.0 Å². The van der Waals surface area contributed by atoms with Crippen molar-refractivity contribution in [2.45, 2.75) is 77.2 Å². The van der Waals surface area contributed by atoms with E-state index in [1.807, 2.05) is 0 Å². The average molecular weight is 262 g/mol. The Kier molecular flexibility index (Phi) is 4.85. The van der Waals surface area contributed by atoms with Gasteiger partial charge < -0.3 is 5.32 Å². The summed E-state index contributed by atoms with van der Waals surface area (Å²) in [4.78, 5) is 12.5. The van der Waals surface area contributed by atoms with Gasteiger partial charge in [-0.15, -0.1) is 0 Å². The predicted molar refractivity (Wildman–Crippen MR) is 75.3 cm³/mol. The first-order valence-electron chi connectivity index (χ1n) is 7.88. The van der Waals surface area contributed by atoms with Crippen molar-refractivity contribution in [3.05, 3.63) is 0 Å². The van der Waals surface area contributed by atoms with Gasteiger partial charge >= 0.3 is 0 Å². The van der Waals surface area contributed by atoms with E-state index in [0.717, 1.165) is 51.4 Å². The number of nitrogens with zero attached hydrogens (tertiary/aromatic N) is 1. The summed E-state index contributed by atoms with van der Waals surface area (Å²) in [6.07, 6.45) is 10.5. The molecule has 2 aliphatic carbocycles. The molecule has 2 atom stereocenters. The van der Waals surface area contributed by atoms with Gasteiger partial charge in [-0.3, -0.25) is 4.79 Å². The number of hydrogen-bond donors (Lipinski definition) is 1. The molecule has 106 valence electrons. The lowest BCUT2D eigenvalue weighted by atomic mass is 9.80. The molecule has 0 saturated heterocycles. The lowest BCUT2D eigenvalue weighted by Crippen LogP contribution is -2.46. The molecule has 0 bridgehead atoms. The second-order valence-electron chi connectivity index (χ2n) is 6.55. The Morgan fingerprint density at radius 3 is 2.42 bits per heavy atom. The van der Waals surface area contributed by atoms with Crippen LogP contribution in [-0.4, -0.2) is 11.9 Å². The highest BCUT2D eigenvalue weighted by Gasteiger charge is 2.39. The van der Waals surface area contributed by atoms with E-state index in [1.54, 1.807) is 0 Å². The third-order valence-electron chi connectivity index (χ3n) is 4.88. The maximum Gasteiger partial charge on any atom is 0.240 e. The van der Waals surface area contributed by atoms with Gasteiger partial charge in [0.15, 0.2) is 0 Å². The molecule has 0 aliphatic heterocycles. The fourth-order valence-electron chi connectivity index (χ4n) is 3.61. The van der Waals surface area contributed by atoms with Crippen LogP contribution in [0.1, 0.15) is 71.1 Å². The molecule has 0 heterocycles. The standard InChI is InChI=1S/C16H26N2O/c1-13-7-6-8-14(11-13)18-15(19)16(12-17)9-4-2-3-5-10-16/h13-14H,2-11H2,1H3,(H,18,19). The minimum Gasteiger partial charge on any atom is -0.352 e. The average Bonchev–Trinajstić information content (AvgIpc) is 2.65. The molecule has 19 heavy (non-hydrogen) atoms. The monoisotopic (exact) mass is 262 g/mol. The highest BCUT2D eigenvalue weighted by Crippen LogP contribution is 2.35. The molecule has 1 amide bonds. The van der Waals surface area contributed by atoms with Crippen molar-refractivity contribution in [1.82, 2.24) is 5.32 Å². The third kappa shape index (κ3) is 3.49. The van der Waals surface area contributed by atoms with Crippen LogP contribution in [0.3, 0.4) is 0 Å². The topological polar surface area (TPSA) is 52.9 Å². The summed E-state index contributed by atoms with van der Waals surface area (Å²) < 4.78 is 0. The summed E-state index contributed by atoms with van der Waals surface area (Å²) in [6, 6.07) is 2.64. The Morgan fingerprint density at radius 2 is 1.84 bits per heavy atom. The zero-order valence-electron chi connectivity index (χ0n) is 12.1. The Bertz CT molecular complexity index is 350. The van der Waals surface area contributed by atoms with Gasteiger partial charge in [0.2, 0.25) is 5.91 Å². The van der Waals surface area contributed by atoms with Crippen molar-refractivity contribution in [2.24, 2.45) is 11.3 Å². The van der Waals surface area contributed by atoms with Crippen molar-refractivity contribution in [3.63, 3.8) is 0 Å². The van der Waals surface area contributed by atoms with E-state index in [1.165, 1.54) is 12.8 Å². The number of amides is 1. The molecule has 0 aromatic rings. The van der Waals surface area contributed by atoms with Crippen LogP contribution in [0.5, 0.6) is 0 Å². The molecule has 3 heteroatoms. The number of carbonyl (C=O) groups is 1. The predicted octanol–water partition coefficient (Wildman–Crippen LogP) is 3.55. The van der Waals surface area contributed by atoms with Gasteiger partial charge in [0.05, 0.1) is 6.07 Å². The summed E-state index contributed by atoms with van der Waals surface area (Å²) in [5.41, 5.74) is -0.739. The van der Waals surface area contributed by atoms with E-state index in [4.69, 9.17) is 0 Å². The van der Waals surface area contributed by atoms with Crippen LogP contribution < -0.4 is 5.32 Å². The molecule has 0 aromatic heterocycles. The fraction of sp³-hybridized carbons (Fsp3) is 0.875. The molecule has 0 aromatic carbocycles. The SMILES string of the molecule is CC1CCCC(NC(=O)C2(C#N)CCCCCC2)C1. The van der Waals surface area contributed by atoms with E-state index in [9.17, 15) is 10.1 Å². The van der Waals surface area contributed by atoms with Gasteiger partial charge in [-0.25, -0.2) is 0 Å². The Labute approximate surface area is 116 Å². The van der Waals surface area contributed by atoms with Crippen molar-refractivity contribution in [2.75, 3.05) is 0 Å². The van der Waals surface area contributed by atoms with Gasteiger partial charge in [0.25, 0.3) is 0 Å². The summed E-state index contributed by atoms with van der Waals surface area (Å²) in [5.74, 6) is 0.710. The number of rotatable bonds is 2. The van der Waals surface area contributed by atoms with Gasteiger partial charge in [0, 0.05) is 6.04 Å². The number of carbonyl (C=O) groups excluding carboxylic acids is 1. The first-order chi connectivity index (χ1) is 9.16. The number of nitriles is 1. The van der Waals surface area contributed by atoms with Crippen LogP contribution in [-0.2, 0) is 4.79 Å². The Morgan fingerprint density at radius 1 is 1.16 bits per heavy atom. The highest BCUT2D eigenvalue weighted by atomic mass is 16.2. The zero-order chi connectivity index (χ0) is 13.7. The Hall–Kier alpha value is -1.04. The summed E-state index contributed by atoms with van der Waals surface area (Å²) in [7, 11) is 0. The number of hydrogen-bond acceptors (Lipinski definition) is 2. The van der Waals surface area contributed by atoms with Crippen LogP contribution in [0, 0.1) is 22.7 Å². The highest BCUT2D eigenvalue weighted by molar-refractivity contribution is 5.85. The largest absolute Gasteiger partial charge is 0.352 e. The Balaban J connectivity index is 1.98. The van der Waals surface area contributed by atoms with E-state index in [-0.39, 0.29) is 5.91 Å².